The van der Waals surface area contributed by atoms with E-state index in [1.807, 2.05) is 18.2 Å². The molecule has 120 valence electrons. The lowest BCUT2D eigenvalue weighted by Gasteiger charge is -2.24. The number of hydrogen-bond acceptors (Lipinski definition) is 5. The third-order valence-corrected chi connectivity index (χ3v) is 3.84. The van der Waals surface area contributed by atoms with Gasteiger partial charge in [-0.3, -0.25) is 4.79 Å². The Hall–Kier alpha value is -2.76. The Morgan fingerprint density at radius 3 is 2.91 bits per heavy atom. The van der Waals surface area contributed by atoms with Crippen LogP contribution in [0, 0.1) is 0 Å². The van der Waals surface area contributed by atoms with Crippen molar-refractivity contribution >= 4 is 12.0 Å². The average Bonchev–Trinajstić information content (AvgIpc) is 3.06. The third kappa shape index (κ3) is 3.21. The van der Waals surface area contributed by atoms with Crippen LogP contribution in [-0.2, 0) is 17.8 Å². The standard InChI is InChI=1S/C17H18N2O4/c1-21-15-5-3-12(9-16(15)22-2)4-6-17(20)19-8-7-14-13(11-19)10-18-23-14/h3-6,9-10H,7-8,11H2,1-2H3/b6-4+. The van der Waals surface area contributed by atoms with Crippen molar-refractivity contribution in [2.45, 2.75) is 13.0 Å². The maximum absolute atomic E-state index is 12.3. The van der Waals surface area contributed by atoms with Gasteiger partial charge in [0.25, 0.3) is 0 Å². The summed E-state index contributed by atoms with van der Waals surface area (Å²) < 4.78 is 15.6. The van der Waals surface area contributed by atoms with Crippen molar-refractivity contribution in [3.05, 3.63) is 47.4 Å². The Morgan fingerprint density at radius 2 is 2.13 bits per heavy atom. The van der Waals surface area contributed by atoms with Gasteiger partial charge in [-0.1, -0.05) is 11.2 Å². The van der Waals surface area contributed by atoms with Gasteiger partial charge in [0.1, 0.15) is 5.76 Å². The molecule has 0 saturated carbocycles. The molecule has 0 atom stereocenters. The Kier molecular flexibility index (Phi) is 4.32. The van der Waals surface area contributed by atoms with Crippen LogP contribution in [0.1, 0.15) is 16.9 Å². The zero-order valence-corrected chi connectivity index (χ0v) is 13.1. The molecule has 1 amide bonds. The number of fused-ring (bicyclic) bond motifs is 1. The van der Waals surface area contributed by atoms with Gasteiger partial charge in [0.2, 0.25) is 5.91 Å². The van der Waals surface area contributed by atoms with E-state index in [4.69, 9.17) is 14.0 Å². The van der Waals surface area contributed by atoms with Crippen molar-refractivity contribution in [3.63, 3.8) is 0 Å². The summed E-state index contributed by atoms with van der Waals surface area (Å²) >= 11 is 0. The highest BCUT2D eigenvalue weighted by Gasteiger charge is 2.21. The molecule has 0 fully saturated rings. The van der Waals surface area contributed by atoms with Gasteiger partial charge < -0.3 is 18.9 Å². The first-order valence-electron chi connectivity index (χ1n) is 7.32. The van der Waals surface area contributed by atoms with Gasteiger partial charge in [-0.05, 0) is 23.8 Å². The van der Waals surface area contributed by atoms with Crippen LogP contribution in [0.15, 0.2) is 35.0 Å². The van der Waals surface area contributed by atoms with E-state index >= 15 is 0 Å². The highest BCUT2D eigenvalue weighted by molar-refractivity contribution is 5.92. The quantitative estimate of drug-likeness (QED) is 0.810. The maximum atomic E-state index is 12.3. The second-order valence-electron chi connectivity index (χ2n) is 5.23. The van der Waals surface area contributed by atoms with Crippen LogP contribution in [0.25, 0.3) is 6.08 Å². The minimum atomic E-state index is -0.0355. The number of amides is 1. The molecule has 0 N–H and O–H groups in total. The van der Waals surface area contributed by atoms with Crippen molar-refractivity contribution < 1.29 is 18.8 Å². The largest absolute Gasteiger partial charge is 0.493 e. The number of rotatable bonds is 4. The second-order valence-corrected chi connectivity index (χ2v) is 5.23. The molecule has 1 aliphatic heterocycles. The van der Waals surface area contributed by atoms with Gasteiger partial charge in [0, 0.05) is 24.6 Å². The van der Waals surface area contributed by atoms with Crippen LogP contribution in [-0.4, -0.2) is 36.7 Å². The van der Waals surface area contributed by atoms with Crippen LogP contribution in [0.3, 0.4) is 0 Å². The molecule has 0 spiro atoms. The van der Waals surface area contributed by atoms with E-state index in [1.54, 1.807) is 37.5 Å². The lowest BCUT2D eigenvalue weighted by atomic mass is 10.1. The van der Waals surface area contributed by atoms with Gasteiger partial charge in [0.15, 0.2) is 11.5 Å². The number of hydrogen-bond donors (Lipinski definition) is 0. The molecule has 2 heterocycles. The number of aromatic nitrogens is 1. The van der Waals surface area contributed by atoms with Crippen LogP contribution < -0.4 is 9.47 Å². The Balaban J connectivity index is 1.69. The van der Waals surface area contributed by atoms with Crippen LogP contribution >= 0.6 is 0 Å². The second kappa shape index (κ2) is 6.56. The molecular weight excluding hydrogens is 296 g/mol. The van der Waals surface area contributed by atoms with E-state index in [9.17, 15) is 4.79 Å². The smallest absolute Gasteiger partial charge is 0.246 e. The van der Waals surface area contributed by atoms with Gasteiger partial charge in [-0.2, -0.15) is 0 Å². The molecule has 6 heteroatoms. The monoisotopic (exact) mass is 314 g/mol. The lowest BCUT2D eigenvalue weighted by Crippen LogP contribution is -2.34. The fraction of sp³-hybridized carbons (Fsp3) is 0.294. The van der Waals surface area contributed by atoms with Gasteiger partial charge in [-0.15, -0.1) is 0 Å². The Labute approximate surface area is 134 Å². The molecular formula is C17H18N2O4. The minimum Gasteiger partial charge on any atom is -0.493 e. The molecule has 23 heavy (non-hydrogen) atoms. The van der Waals surface area contributed by atoms with Crippen molar-refractivity contribution in [3.8, 4) is 11.5 Å². The molecule has 0 saturated heterocycles. The number of carbonyl (C=O) groups excluding carboxylic acids is 1. The summed E-state index contributed by atoms with van der Waals surface area (Å²) in [6.07, 6.45) is 5.71. The third-order valence-electron chi connectivity index (χ3n) is 3.84. The molecule has 0 bridgehead atoms. The molecule has 1 aromatic heterocycles. The lowest BCUT2D eigenvalue weighted by molar-refractivity contribution is -0.126. The predicted octanol–water partition coefficient (Wildman–Crippen LogP) is 2.29. The summed E-state index contributed by atoms with van der Waals surface area (Å²) in [6.45, 7) is 1.17. The first kappa shape index (κ1) is 15.1. The van der Waals surface area contributed by atoms with Crippen molar-refractivity contribution in [2.24, 2.45) is 0 Å². The summed E-state index contributed by atoms with van der Waals surface area (Å²) in [4.78, 5) is 14.1. The minimum absolute atomic E-state index is 0.0355. The summed E-state index contributed by atoms with van der Waals surface area (Å²) in [7, 11) is 3.17. The molecule has 0 unspecified atom stereocenters. The van der Waals surface area contributed by atoms with E-state index < -0.39 is 0 Å². The molecule has 2 aromatic rings. The average molecular weight is 314 g/mol. The summed E-state index contributed by atoms with van der Waals surface area (Å²) in [5, 5.41) is 3.77. The first-order chi connectivity index (χ1) is 11.2. The number of benzene rings is 1. The highest BCUT2D eigenvalue weighted by Crippen LogP contribution is 2.28. The predicted molar refractivity (Wildman–Crippen MR) is 84.2 cm³/mol. The normalized spacial score (nSPS) is 13.9. The van der Waals surface area contributed by atoms with Crippen molar-refractivity contribution in [1.82, 2.24) is 10.1 Å². The number of methoxy groups -OCH3 is 2. The fourth-order valence-electron chi connectivity index (χ4n) is 2.56. The number of carbonyl (C=O) groups is 1. The van der Waals surface area contributed by atoms with E-state index in [0.29, 0.717) is 31.0 Å². The Bertz CT molecular complexity index is 736. The maximum Gasteiger partial charge on any atom is 0.246 e. The van der Waals surface area contributed by atoms with E-state index in [-0.39, 0.29) is 5.91 Å². The molecule has 0 radical (unpaired) electrons. The van der Waals surface area contributed by atoms with Crippen molar-refractivity contribution in [1.29, 1.82) is 0 Å². The molecule has 0 aliphatic carbocycles. The van der Waals surface area contributed by atoms with Gasteiger partial charge in [0.05, 0.1) is 27.0 Å². The van der Waals surface area contributed by atoms with E-state index in [2.05, 4.69) is 5.16 Å². The molecule has 3 rings (SSSR count). The summed E-state index contributed by atoms with van der Waals surface area (Å²) in [5.74, 6) is 2.13. The van der Waals surface area contributed by atoms with Gasteiger partial charge in [-0.25, -0.2) is 0 Å². The van der Waals surface area contributed by atoms with Crippen molar-refractivity contribution in [2.75, 3.05) is 20.8 Å². The SMILES string of the molecule is COc1ccc(/C=C/C(=O)N2CCc3oncc3C2)cc1OC. The van der Waals surface area contributed by atoms with Crippen LogP contribution in [0.5, 0.6) is 11.5 Å². The Morgan fingerprint density at radius 1 is 1.30 bits per heavy atom. The highest BCUT2D eigenvalue weighted by atomic mass is 16.5. The van der Waals surface area contributed by atoms with Crippen LogP contribution in [0.4, 0.5) is 0 Å². The number of nitrogens with zero attached hydrogens (tertiary/aromatic N) is 2. The topological polar surface area (TPSA) is 64.8 Å². The fourth-order valence-corrected chi connectivity index (χ4v) is 2.56. The number of ether oxygens (including phenoxy) is 2. The van der Waals surface area contributed by atoms with Crippen LogP contribution in [0.2, 0.25) is 0 Å². The van der Waals surface area contributed by atoms with E-state index in [0.717, 1.165) is 16.9 Å². The zero-order valence-electron chi connectivity index (χ0n) is 13.1. The van der Waals surface area contributed by atoms with Gasteiger partial charge >= 0.3 is 0 Å². The summed E-state index contributed by atoms with van der Waals surface area (Å²) in [6, 6.07) is 5.52. The summed E-state index contributed by atoms with van der Waals surface area (Å²) in [5.41, 5.74) is 1.85. The zero-order chi connectivity index (χ0) is 16.2. The van der Waals surface area contributed by atoms with E-state index in [1.165, 1.54) is 0 Å². The molecule has 6 nitrogen and oxygen atoms in total. The molecule has 1 aromatic carbocycles. The first-order valence-corrected chi connectivity index (χ1v) is 7.32. The molecule has 1 aliphatic rings.